The molecule has 8 atom stereocenters. The summed E-state index contributed by atoms with van der Waals surface area (Å²) < 4.78 is 5.89. The highest BCUT2D eigenvalue weighted by Crippen LogP contribution is 2.76. The number of fused-ring (bicyclic) bond motifs is 7. The lowest BCUT2D eigenvalue weighted by atomic mass is 9.33. The van der Waals surface area contributed by atoms with Crippen molar-refractivity contribution in [3.05, 3.63) is 11.1 Å². The smallest absolute Gasteiger partial charge is 0.302 e. The monoisotopic (exact) mass is 524 g/mol. The fourth-order valence-corrected chi connectivity index (χ4v) is 11.7. The van der Waals surface area contributed by atoms with Gasteiger partial charge in [0.2, 0.25) is 0 Å². The van der Waals surface area contributed by atoms with Gasteiger partial charge < -0.3 is 4.74 Å². The van der Waals surface area contributed by atoms with Crippen LogP contribution in [0.1, 0.15) is 127 Å². The van der Waals surface area contributed by atoms with Gasteiger partial charge in [-0.3, -0.25) is 14.4 Å². The molecule has 38 heavy (non-hydrogen) atoms. The van der Waals surface area contributed by atoms with Crippen molar-refractivity contribution in [3.63, 3.8) is 0 Å². The highest BCUT2D eigenvalue weighted by molar-refractivity contribution is 6.07. The van der Waals surface area contributed by atoms with Crippen molar-refractivity contribution >= 4 is 17.5 Å². The van der Waals surface area contributed by atoms with Crippen molar-refractivity contribution < 1.29 is 19.1 Å². The lowest BCUT2D eigenvalue weighted by molar-refractivity contribution is -0.232. The van der Waals surface area contributed by atoms with Crippen molar-refractivity contribution in [2.24, 2.45) is 50.7 Å². The first kappa shape index (κ1) is 28.1. The minimum absolute atomic E-state index is 0.00651. The predicted molar refractivity (Wildman–Crippen MR) is 150 cm³/mol. The second-order valence-corrected chi connectivity index (χ2v) is 15.5. The minimum Gasteiger partial charge on any atom is -0.462 e. The molecule has 0 aromatic rings. The Bertz CT molecular complexity index is 1080. The maximum atomic E-state index is 13.6. The summed E-state index contributed by atoms with van der Waals surface area (Å²) >= 11 is 0. The molecule has 0 N–H and O–H groups in total. The first-order valence-electron chi connectivity index (χ1n) is 15.6. The van der Waals surface area contributed by atoms with Crippen LogP contribution in [0, 0.1) is 50.7 Å². The van der Waals surface area contributed by atoms with Crippen LogP contribution in [0.3, 0.4) is 0 Å². The van der Waals surface area contributed by atoms with E-state index in [9.17, 15) is 14.4 Å². The normalized spacial score (nSPS) is 45.7. The van der Waals surface area contributed by atoms with Gasteiger partial charge in [0.05, 0.1) is 5.41 Å². The number of allylic oxidation sites excluding steroid dienone is 2. The number of esters is 1. The predicted octanol–water partition coefficient (Wildman–Crippen LogP) is 7.88. The average molecular weight is 525 g/mol. The molecule has 0 radical (unpaired) electrons. The van der Waals surface area contributed by atoms with Crippen LogP contribution in [0.5, 0.6) is 0 Å². The van der Waals surface area contributed by atoms with E-state index in [2.05, 4.69) is 48.5 Å². The zero-order chi connectivity index (χ0) is 28.1. The van der Waals surface area contributed by atoms with Crippen molar-refractivity contribution in [1.29, 1.82) is 0 Å². The molecule has 0 bridgehead atoms. The zero-order valence-electron chi connectivity index (χ0n) is 25.6. The second kappa shape index (κ2) is 8.77. The Hall–Kier alpha value is -1.45. The molecule has 0 spiro atoms. The van der Waals surface area contributed by atoms with Gasteiger partial charge in [0.1, 0.15) is 11.9 Å². The summed E-state index contributed by atoms with van der Waals surface area (Å²) in [4.78, 5) is 39.1. The molecule has 4 fully saturated rings. The van der Waals surface area contributed by atoms with Gasteiger partial charge in [0.25, 0.3) is 0 Å². The van der Waals surface area contributed by atoms with E-state index in [-0.39, 0.29) is 45.4 Å². The Morgan fingerprint density at radius 2 is 1.58 bits per heavy atom. The molecular formula is C34H52O4. The van der Waals surface area contributed by atoms with Crippen LogP contribution in [-0.4, -0.2) is 23.6 Å². The second-order valence-electron chi connectivity index (χ2n) is 15.5. The van der Waals surface area contributed by atoms with Crippen LogP contribution >= 0.6 is 0 Å². The van der Waals surface area contributed by atoms with Gasteiger partial charge in [-0.05, 0) is 102 Å². The molecule has 5 aliphatic carbocycles. The van der Waals surface area contributed by atoms with Crippen LogP contribution in [0.2, 0.25) is 0 Å². The van der Waals surface area contributed by atoms with Crippen LogP contribution in [0.4, 0.5) is 0 Å². The van der Waals surface area contributed by atoms with Gasteiger partial charge in [0.15, 0.2) is 5.78 Å². The minimum atomic E-state index is -0.538. The number of hydrogen-bond donors (Lipinski definition) is 0. The summed E-state index contributed by atoms with van der Waals surface area (Å²) in [7, 11) is 0. The molecule has 0 amide bonds. The molecule has 5 aliphatic rings. The maximum Gasteiger partial charge on any atom is 0.302 e. The largest absolute Gasteiger partial charge is 0.462 e. The first-order chi connectivity index (χ1) is 17.6. The topological polar surface area (TPSA) is 60.4 Å². The Balaban J connectivity index is 1.57. The lowest BCUT2D eigenvalue weighted by Crippen LogP contribution is -2.66. The van der Waals surface area contributed by atoms with E-state index in [0.717, 1.165) is 50.5 Å². The summed E-state index contributed by atoms with van der Waals surface area (Å²) in [6.45, 7) is 20.2. The van der Waals surface area contributed by atoms with E-state index in [0.29, 0.717) is 36.4 Å². The Labute approximate surface area is 231 Å². The molecule has 0 aromatic heterocycles. The third-order valence-corrected chi connectivity index (χ3v) is 13.5. The number of ether oxygens (including phenoxy) is 1. The molecule has 0 aromatic carbocycles. The van der Waals surface area contributed by atoms with Gasteiger partial charge in [0, 0.05) is 25.2 Å². The average Bonchev–Trinajstić information content (AvgIpc) is 3.14. The number of carbonyl (C=O) groups excluding carboxylic acids is 3. The SMILES string of the molecule is CCC(=O)[C@@]12CC[C@]3(C)[C@H](CC[C@@H]4[C@@]5(C)CC[C@H](OC(C)=O)C(C)(C)[C@@H]5CC[C@]43C)C1=C(C(C)C)C(=O)C2. The number of hydrogen-bond acceptors (Lipinski definition) is 4. The number of ketones is 2. The Kier molecular flexibility index (Phi) is 6.49. The zero-order valence-corrected chi connectivity index (χ0v) is 25.6. The number of rotatable bonds is 4. The molecule has 0 aliphatic heterocycles. The van der Waals surface area contributed by atoms with E-state index in [1.807, 2.05) is 6.92 Å². The third kappa shape index (κ3) is 3.43. The Morgan fingerprint density at radius 1 is 0.895 bits per heavy atom. The van der Waals surface area contributed by atoms with Crippen molar-refractivity contribution in [3.8, 4) is 0 Å². The van der Waals surface area contributed by atoms with E-state index in [4.69, 9.17) is 4.74 Å². The molecule has 5 rings (SSSR count). The molecule has 212 valence electrons. The molecule has 4 nitrogen and oxygen atoms in total. The number of Topliss-reactive ketones (excluding diaryl/α,β-unsaturated/α-hetero) is 2. The van der Waals surface area contributed by atoms with Gasteiger partial charge in [-0.1, -0.05) is 55.4 Å². The van der Waals surface area contributed by atoms with Gasteiger partial charge in [-0.2, -0.15) is 0 Å². The summed E-state index contributed by atoms with van der Waals surface area (Å²) in [5.41, 5.74) is 2.15. The molecule has 4 heteroatoms. The van der Waals surface area contributed by atoms with E-state index >= 15 is 0 Å². The van der Waals surface area contributed by atoms with E-state index in [1.165, 1.54) is 12.0 Å². The van der Waals surface area contributed by atoms with Crippen molar-refractivity contribution in [2.45, 2.75) is 133 Å². The molecule has 0 unspecified atom stereocenters. The summed E-state index contributed by atoms with van der Waals surface area (Å²) in [6, 6.07) is 0. The summed E-state index contributed by atoms with van der Waals surface area (Å²) in [5, 5.41) is 0. The first-order valence-corrected chi connectivity index (χ1v) is 15.6. The highest BCUT2D eigenvalue weighted by Gasteiger charge is 2.70. The molecule has 0 saturated heterocycles. The quantitative estimate of drug-likeness (QED) is 0.351. The third-order valence-electron chi connectivity index (χ3n) is 13.5. The van der Waals surface area contributed by atoms with E-state index < -0.39 is 5.41 Å². The lowest BCUT2D eigenvalue weighted by Gasteiger charge is -2.72. The summed E-state index contributed by atoms with van der Waals surface area (Å²) in [6.07, 6.45) is 9.44. The van der Waals surface area contributed by atoms with Gasteiger partial charge in [-0.25, -0.2) is 0 Å². The van der Waals surface area contributed by atoms with Crippen LogP contribution < -0.4 is 0 Å². The van der Waals surface area contributed by atoms with Gasteiger partial charge in [-0.15, -0.1) is 0 Å². The van der Waals surface area contributed by atoms with Crippen LogP contribution in [-0.2, 0) is 19.1 Å². The van der Waals surface area contributed by atoms with E-state index in [1.54, 1.807) is 6.92 Å². The molecular weight excluding hydrogens is 472 g/mol. The summed E-state index contributed by atoms with van der Waals surface area (Å²) in [5.74, 6) is 2.00. The fraction of sp³-hybridized carbons (Fsp3) is 0.853. The Morgan fingerprint density at radius 3 is 2.18 bits per heavy atom. The van der Waals surface area contributed by atoms with Crippen molar-refractivity contribution in [2.75, 3.05) is 0 Å². The van der Waals surface area contributed by atoms with Gasteiger partial charge >= 0.3 is 5.97 Å². The molecule has 0 heterocycles. The molecule has 4 saturated carbocycles. The van der Waals surface area contributed by atoms with Crippen LogP contribution in [0.25, 0.3) is 0 Å². The maximum absolute atomic E-state index is 13.6. The highest BCUT2D eigenvalue weighted by atomic mass is 16.5. The van der Waals surface area contributed by atoms with Crippen molar-refractivity contribution in [1.82, 2.24) is 0 Å². The fourth-order valence-electron chi connectivity index (χ4n) is 11.7. The number of carbonyl (C=O) groups is 3. The standard InChI is InChI=1S/C34H52O4/c1-10-26(37)34-18-17-32(8)22(29(34)28(20(2)3)23(36)19-34)11-12-25-31(7)15-14-27(38-21(4)35)30(5,6)24(31)13-16-33(25,32)9/h20,22,24-25,27H,10-19H2,1-9H3/t22-,24+,25-,27+,31+,32-,33-,34+/m1/s1. The van der Waals surface area contributed by atoms with Crippen LogP contribution in [0.15, 0.2) is 11.1 Å².